The molecule has 44 heavy (non-hydrogen) atoms. The summed E-state index contributed by atoms with van der Waals surface area (Å²) in [6.45, 7) is 6.52. The average molecular weight is 625 g/mol. The van der Waals surface area contributed by atoms with Crippen LogP contribution in [0.1, 0.15) is 83.7 Å². The summed E-state index contributed by atoms with van der Waals surface area (Å²) in [6, 6.07) is 15.7. The van der Waals surface area contributed by atoms with E-state index in [4.69, 9.17) is 10.1 Å². The molecule has 1 aromatic heterocycles. The van der Waals surface area contributed by atoms with Crippen LogP contribution in [-0.4, -0.2) is 34.9 Å². The molecule has 2 N–H and O–H groups in total. The number of alkyl halides is 3. The number of carboxylic acid groups (broad SMARTS) is 1. The third-order valence-corrected chi connectivity index (χ3v) is 8.11. The molecule has 10 heteroatoms. The van der Waals surface area contributed by atoms with Gasteiger partial charge >= 0.3 is 12.3 Å². The van der Waals surface area contributed by atoms with Crippen LogP contribution in [0.5, 0.6) is 0 Å². The number of nitrogens with zero attached hydrogens (tertiary/aromatic N) is 1. The molecule has 1 aliphatic carbocycles. The highest BCUT2D eigenvalue weighted by Gasteiger charge is 2.31. The molecule has 1 heterocycles. The number of carbonyl (C=O) groups is 2. The lowest BCUT2D eigenvalue weighted by Crippen LogP contribution is -2.25. The number of allylic oxidation sites excluding steroid dienone is 5. The lowest BCUT2D eigenvalue weighted by Gasteiger charge is -2.21. The molecule has 0 aliphatic heterocycles. The normalized spacial score (nSPS) is 17.7. The number of halogens is 3. The number of carboxylic acids is 1. The minimum Gasteiger partial charge on any atom is -0.481 e. The third kappa shape index (κ3) is 9.41. The monoisotopic (exact) mass is 624 g/mol. The molecule has 1 unspecified atom stereocenters. The van der Waals surface area contributed by atoms with Gasteiger partial charge in [0.2, 0.25) is 0 Å². The van der Waals surface area contributed by atoms with Gasteiger partial charge in [0.1, 0.15) is 10.8 Å². The standard InChI is InChI=1S/C34H35F3N2O4S/c1-33(2,3)26-15-12-23(13-16-26)28(20-22-8-10-25(11-9-22)31(42)38-19-18-30(40)41)32-39-29(21-44-32)24-6-4-5-7-27(17-14-24)43-34(35,36)37/h5,7-17,21,28H,4,6,18-20H2,1-3H3,(H,38,42)(H,40,41)/b7-5-,24-14+,27-17+. The predicted molar refractivity (Wildman–Crippen MR) is 165 cm³/mol. The Bertz CT molecular complexity index is 1550. The topological polar surface area (TPSA) is 88.5 Å². The third-order valence-electron chi connectivity index (χ3n) is 7.15. The van der Waals surface area contributed by atoms with E-state index in [0.717, 1.165) is 21.7 Å². The number of hydrogen-bond donors (Lipinski definition) is 2. The number of amides is 1. The lowest BCUT2D eigenvalue weighted by atomic mass is 9.84. The summed E-state index contributed by atoms with van der Waals surface area (Å²) in [6.07, 6.45) is 2.80. The maximum atomic E-state index is 12.8. The summed E-state index contributed by atoms with van der Waals surface area (Å²) in [5.74, 6) is -1.70. The largest absolute Gasteiger partial charge is 0.573 e. The summed E-state index contributed by atoms with van der Waals surface area (Å²) in [7, 11) is 0. The van der Waals surface area contributed by atoms with Crippen LogP contribution in [0.4, 0.5) is 13.2 Å². The summed E-state index contributed by atoms with van der Waals surface area (Å²) in [5, 5.41) is 14.2. The second-order valence-electron chi connectivity index (χ2n) is 11.5. The van der Waals surface area contributed by atoms with Crippen molar-refractivity contribution in [1.29, 1.82) is 0 Å². The number of ether oxygens (including phenoxy) is 1. The first kappa shape index (κ1) is 32.7. The van der Waals surface area contributed by atoms with Gasteiger partial charge < -0.3 is 15.2 Å². The van der Waals surface area contributed by atoms with Gasteiger partial charge in [0.25, 0.3) is 5.91 Å². The molecule has 0 bridgehead atoms. The molecule has 4 rings (SSSR count). The SMILES string of the molecule is CC(C)(C)c1ccc(C(Cc2ccc(C(=O)NCCC(=O)O)cc2)c2nc(/C3=C/C=C(OC(F)(F)F)\C=C/CC3)cs2)cc1. The van der Waals surface area contributed by atoms with Gasteiger partial charge in [-0.05, 0) is 71.2 Å². The van der Waals surface area contributed by atoms with Gasteiger partial charge in [-0.2, -0.15) is 0 Å². The fourth-order valence-electron chi connectivity index (χ4n) is 4.75. The van der Waals surface area contributed by atoms with Crippen molar-refractivity contribution >= 4 is 28.8 Å². The smallest absolute Gasteiger partial charge is 0.481 e. The predicted octanol–water partition coefficient (Wildman–Crippen LogP) is 8.17. The van der Waals surface area contributed by atoms with Crippen LogP contribution in [0.3, 0.4) is 0 Å². The van der Waals surface area contributed by atoms with Crippen LogP contribution < -0.4 is 5.32 Å². The Hall–Kier alpha value is -4.18. The van der Waals surface area contributed by atoms with Crippen molar-refractivity contribution in [2.75, 3.05) is 6.54 Å². The van der Waals surface area contributed by atoms with E-state index >= 15 is 0 Å². The van der Waals surface area contributed by atoms with Gasteiger partial charge in [-0.1, -0.05) is 69.3 Å². The summed E-state index contributed by atoms with van der Waals surface area (Å²) >= 11 is 1.50. The highest BCUT2D eigenvalue weighted by atomic mass is 32.1. The molecule has 0 radical (unpaired) electrons. The zero-order valence-corrected chi connectivity index (χ0v) is 25.6. The number of rotatable bonds is 10. The highest BCUT2D eigenvalue weighted by molar-refractivity contribution is 7.09. The summed E-state index contributed by atoms with van der Waals surface area (Å²) in [5.41, 5.74) is 5.23. The molecular weight excluding hydrogens is 589 g/mol. The maximum Gasteiger partial charge on any atom is 0.573 e. The average Bonchev–Trinajstić information content (AvgIpc) is 3.42. The van der Waals surface area contributed by atoms with Gasteiger partial charge in [-0.3, -0.25) is 9.59 Å². The van der Waals surface area contributed by atoms with E-state index in [-0.39, 0.29) is 36.0 Å². The fraction of sp³-hybridized carbons (Fsp3) is 0.324. The first-order chi connectivity index (χ1) is 20.8. The molecule has 1 atom stereocenters. The highest BCUT2D eigenvalue weighted by Crippen LogP contribution is 2.35. The Morgan fingerprint density at radius 2 is 1.75 bits per heavy atom. The Morgan fingerprint density at radius 1 is 1.05 bits per heavy atom. The number of carbonyl (C=O) groups excluding carboxylic acids is 1. The molecule has 2 aromatic carbocycles. The van der Waals surface area contributed by atoms with Gasteiger partial charge in [0, 0.05) is 23.4 Å². The van der Waals surface area contributed by atoms with Crippen LogP contribution in [-0.2, 0) is 21.4 Å². The van der Waals surface area contributed by atoms with E-state index in [9.17, 15) is 22.8 Å². The number of aliphatic carboxylic acids is 1. The van der Waals surface area contributed by atoms with Gasteiger partial charge in [-0.25, -0.2) is 4.98 Å². The first-order valence-corrected chi connectivity index (χ1v) is 15.1. The fourth-order valence-corrected chi connectivity index (χ4v) is 5.72. The second kappa shape index (κ2) is 14.1. The van der Waals surface area contributed by atoms with Gasteiger partial charge in [-0.15, -0.1) is 24.5 Å². The van der Waals surface area contributed by atoms with Crippen molar-refractivity contribution in [3.63, 3.8) is 0 Å². The van der Waals surface area contributed by atoms with E-state index in [0.29, 0.717) is 30.5 Å². The van der Waals surface area contributed by atoms with E-state index in [1.807, 2.05) is 17.5 Å². The molecule has 1 amide bonds. The molecule has 1 aliphatic rings. The number of benzene rings is 2. The molecule has 0 fully saturated rings. The molecule has 6 nitrogen and oxygen atoms in total. The zero-order valence-electron chi connectivity index (χ0n) is 24.8. The van der Waals surface area contributed by atoms with Gasteiger partial charge in [0.15, 0.2) is 0 Å². The lowest BCUT2D eigenvalue weighted by molar-refractivity contribution is -0.303. The zero-order chi connectivity index (χ0) is 31.9. The van der Waals surface area contributed by atoms with E-state index in [1.54, 1.807) is 24.3 Å². The van der Waals surface area contributed by atoms with Crippen LogP contribution in [0.2, 0.25) is 0 Å². The number of aromatic nitrogens is 1. The van der Waals surface area contributed by atoms with Crippen molar-refractivity contribution in [2.24, 2.45) is 0 Å². The number of thiazole rings is 1. The Labute approximate surface area is 259 Å². The van der Waals surface area contributed by atoms with Crippen molar-refractivity contribution in [1.82, 2.24) is 10.3 Å². The number of nitrogens with one attached hydrogen (secondary N) is 1. The van der Waals surface area contributed by atoms with E-state index in [1.165, 1.54) is 29.1 Å². The first-order valence-electron chi connectivity index (χ1n) is 14.3. The number of hydrogen-bond acceptors (Lipinski definition) is 5. The molecule has 3 aromatic rings. The second-order valence-corrected chi connectivity index (χ2v) is 12.4. The Balaban J connectivity index is 1.61. The molecule has 0 saturated carbocycles. The summed E-state index contributed by atoms with van der Waals surface area (Å²) in [4.78, 5) is 28.1. The molecule has 0 spiro atoms. The minimum absolute atomic E-state index is 0.00935. The Kier molecular flexibility index (Phi) is 10.5. The van der Waals surface area contributed by atoms with Crippen LogP contribution in [0.25, 0.3) is 5.57 Å². The molecule has 232 valence electrons. The Morgan fingerprint density at radius 3 is 2.39 bits per heavy atom. The van der Waals surface area contributed by atoms with Crippen LogP contribution in [0, 0.1) is 0 Å². The van der Waals surface area contributed by atoms with Crippen LogP contribution in [0.15, 0.2) is 84.0 Å². The van der Waals surface area contributed by atoms with Crippen molar-refractivity contribution in [3.8, 4) is 0 Å². The van der Waals surface area contributed by atoms with Crippen molar-refractivity contribution in [2.45, 2.75) is 64.1 Å². The molecular formula is C34H35F3N2O4S. The van der Waals surface area contributed by atoms with E-state index < -0.39 is 12.3 Å². The van der Waals surface area contributed by atoms with Crippen LogP contribution >= 0.6 is 11.3 Å². The van der Waals surface area contributed by atoms with Crippen molar-refractivity contribution in [3.05, 3.63) is 117 Å². The summed E-state index contributed by atoms with van der Waals surface area (Å²) < 4.78 is 42.5. The molecule has 0 saturated heterocycles. The minimum atomic E-state index is -4.77. The maximum absolute atomic E-state index is 12.8. The van der Waals surface area contributed by atoms with Gasteiger partial charge in [0.05, 0.1) is 12.1 Å². The van der Waals surface area contributed by atoms with E-state index in [2.05, 4.69) is 55.1 Å². The quantitative estimate of drug-likeness (QED) is 0.238. The van der Waals surface area contributed by atoms with Crippen molar-refractivity contribution < 1.29 is 32.6 Å².